The zero-order valence-electron chi connectivity index (χ0n) is 16.5. The summed E-state index contributed by atoms with van der Waals surface area (Å²) < 4.78 is 17.5. The normalized spacial score (nSPS) is 10.8. The SMILES string of the molecule is CCOc1cc(C(=O)Oc2cccc3ccccc23)c(OCC)c2ccccc12. The van der Waals surface area contributed by atoms with Crippen LogP contribution in [0.3, 0.4) is 0 Å². The van der Waals surface area contributed by atoms with Crippen molar-refractivity contribution >= 4 is 27.5 Å². The molecule has 0 fully saturated rings. The lowest BCUT2D eigenvalue weighted by Gasteiger charge is -2.16. The maximum Gasteiger partial charge on any atom is 0.347 e. The Morgan fingerprint density at radius 1 is 0.724 bits per heavy atom. The Labute approximate surface area is 169 Å². The van der Waals surface area contributed by atoms with Crippen LogP contribution >= 0.6 is 0 Å². The van der Waals surface area contributed by atoms with E-state index in [4.69, 9.17) is 14.2 Å². The Morgan fingerprint density at radius 2 is 1.38 bits per heavy atom. The van der Waals surface area contributed by atoms with Crippen molar-refractivity contribution in [2.75, 3.05) is 13.2 Å². The molecule has 4 aromatic rings. The summed E-state index contributed by atoms with van der Waals surface area (Å²) in [4.78, 5) is 13.2. The van der Waals surface area contributed by atoms with Gasteiger partial charge in [-0.3, -0.25) is 0 Å². The molecule has 146 valence electrons. The molecular formula is C25H22O4. The molecule has 0 atom stereocenters. The van der Waals surface area contributed by atoms with Gasteiger partial charge in [-0.05, 0) is 31.4 Å². The quantitative estimate of drug-likeness (QED) is 0.301. The first-order valence-electron chi connectivity index (χ1n) is 9.74. The van der Waals surface area contributed by atoms with Crippen molar-refractivity contribution in [3.05, 3.63) is 78.4 Å². The van der Waals surface area contributed by atoms with Crippen molar-refractivity contribution in [1.29, 1.82) is 0 Å². The summed E-state index contributed by atoms with van der Waals surface area (Å²) in [6, 6.07) is 22.9. The van der Waals surface area contributed by atoms with Crippen molar-refractivity contribution in [1.82, 2.24) is 0 Å². The fraction of sp³-hybridized carbons (Fsp3) is 0.160. The number of hydrogen-bond donors (Lipinski definition) is 0. The Bertz CT molecular complexity index is 1170. The van der Waals surface area contributed by atoms with Crippen LogP contribution < -0.4 is 14.2 Å². The summed E-state index contributed by atoms with van der Waals surface area (Å²) >= 11 is 0. The fourth-order valence-corrected chi connectivity index (χ4v) is 3.48. The van der Waals surface area contributed by atoms with Crippen molar-refractivity contribution in [3.63, 3.8) is 0 Å². The van der Waals surface area contributed by atoms with E-state index in [9.17, 15) is 4.79 Å². The molecule has 0 saturated heterocycles. The molecule has 0 aliphatic carbocycles. The second-order valence-corrected chi connectivity index (χ2v) is 6.53. The largest absolute Gasteiger partial charge is 0.493 e. The van der Waals surface area contributed by atoms with Gasteiger partial charge in [0.05, 0.1) is 13.2 Å². The van der Waals surface area contributed by atoms with Gasteiger partial charge in [-0.25, -0.2) is 4.79 Å². The summed E-state index contributed by atoms with van der Waals surface area (Å²) in [6.45, 7) is 4.74. The molecule has 0 amide bonds. The zero-order valence-corrected chi connectivity index (χ0v) is 16.5. The van der Waals surface area contributed by atoms with E-state index in [1.807, 2.05) is 74.5 Å². The summed E-state index contributed by atoms with van der Waals surface area (Å²) in [5.41, 5.74) is 0.349. The maximum absolute atomic E-state index is 13.2. The number of carbonyl (C=O) groups excluding carboxylic acids is 1. The molecule has 29 heavy (non-hydrogen) atoms. The van der Waals surface area contributed by atoms with Gasteiger partial charge in [-0.15, -0.1) is 0 Å². The minimum atomic E-state index is -0.475. The Kier molecular flexibility index (Phi) is 5.34. The van der Waals surface area contributed by atoms with Gasteiger partial charge in [0.1, 0.15) is 22.8 Å². The summed E-state index contributed by atoms with van der Waals surface area (Å²) in [5.74, 6) is 1.19. The van der Waals surface area contributed by atoms with Crippen LogP contribution in [0.1, 0.15) is 24.2 Å². The highest BCUT2D eigenvalue weighted by atomic mass is 16.5. The minimum absolute atomic E-state index is 0.349. The third-order valence-electron chi connectivity index (χ3n) is 4.72. The molecule has 4 rings (SSSR count). The first-order valence-corrected chi connectivity index (χ1v) is 9.74. The molecule has 4 nitrogen and oxygen atoms in total. The van der Waals surface area contributed by atoms with Crippen LogP contribution in [-0.2, 0) is 0 Å². The molecular weight excluding hydrogens is 364 g/mol. The lowest BCUT2D eigenvalue weighted by atomic mass is 10.0. The average Bonchev–Trinajstić information content (AvgIpc) is 2.75. The third kappa shape index (κ3) is 3.61. The highest BCUT2D eigenvalue weighted by Crippen LogP contribution is 2.38. The number of fused-ring (bicyclic) bond motifs is 2. The third-order valence-corrected chi connectivity index (χ3v) is 4.72. The summed E-state index contributed by atoms with van der Waals surface area (Å²) in [6.07, 6.45) is 0. The van der Waals surface area contributed by atoms with E-state index in [0.29, 0.717) is 36.0 Å². The molecule has 0 unspecified atom stereocenters. The Balaban J connectivity index is 1.83. The van der Waals surface area contributed by atoms with E-state index in [0.717, 1.165) is 21.5 Å². The smallest absolute Gasteiger partial charge is 0.347 e. The Hall–Kier alpha value is -3.53. The van der Waals surface area contributed by atoms with Crippen molar-refractivity contribution in [2.45, 2.75) is 13.8 Å². The van der Waals surface area contributed by atoms with Gasteiger partial charge < -0.3 is 14.2 Å². The van der Waals surface area contributed by atoms with Crippen LogP contribution in [0.25, 0.3) is 21.5 Å². The van der Waals surface area contributed by atoms with Crippen LogP contribution in [-0.4, -0.2) is 19.2 Å². The first-order chi connectivity index (χ1) is 14.2. The van der Waals surface area contributed by atoms with Crippen molar-refractivity contribution in [3.8, 4) is 17.2 Å². The second kappa shape index (κ2) is 8.23. The zero-order chi connectivity index (χ0) is 20.2. The molecule has 0 heterocycles. The van der Waals surface area contributed by atoms with Gasteiger partial charge in [-0.1, -0.05) is 60.7 Å². The predicted molar refractivity (Wildman–Crippen MR) is 115 cm³/mol. The molecule has 4 heteroatoms. The van der Waals surface area contributed by atoms with Crippen LogP contribution in [0.5, 0.6) is 17.2 Å². The van der Waals surface area contributed by atoms with Gasteiger partial charge in [0, 0.05) is 16.2 Å². The molecule has 0 bridgehead atoms. The van der Waals surface area contributed by atoms with E-state index >= 15 is 0 Å². The summed E-state index contributed by atoms with van der Waals surface area (Å²) in [7, 11) is 0. The molecule has 0 spiro atoms. The standard InChI is InChI=1S/C25H22O4/c1-3-27-23-16-21(24(28-4-2)20-14-8-7-13-19(20)23)25(26)29-22-15-9-11-17-10-5-6-12-18(17)22/h5-16H,3-4H2,1-2H3. The summed E-state index contributed by atoms with van der Waals surface area (Å²) in [5, 5.41) is 3.62. The van der Waals surface area contributed by atoms with E-state index in [1.54, 1.807) is 12.1 Å². The van der Waals surface area contributed by atoms with E-state index in [-0.39, 0.29) is 0 Å². The monoisotopic (exact) mass is 386 g/mol. The van der Waals surface area contributed by atoms with Crippen molar-refractivity contribution in [2.24, 2.45) is 0 Å². The number of benzene rings is 4. The van der Waals surface area contributed by atoms with Crippen LogP contribution in [0, 0.1) is 0 Å². The predicted octanol–water partition coefficient (Wildman–Crippen LogP) is 6.01. The van der Waals surface area contributed by atoms with Gasteiger partial charge in [0.2, 0.25) is 0 Å². The number of carbonyl (C=O) groups is 1. The number of hydrogen-bond acceptors (Lipinski definition) is 4. The van der Waals surface area contributed by atoms with Gasteiger partial charge in [0.15, 0.2) is 0 Å². The molecule has 0 saturated carbocycles. The fourth-order valence-electron chi connectivity index (χ4n) is 3.48. The van der Waals surface area contributed by atoms with Crippen molar-refractivity contribution < 1.29 is 19.0 Å². The van der Waals surface area contributed by atoms with E-state index in [2.05, 4.69) is 0 Å². The highest BCUT2D eigenvalue weighted by Gasteiger charge is 2.21. The molecule has 0 aromatic heterocycles. The molecule has 0 aliphatic rings. The number of ether oxygens (including phenoxy) is 3. The average molecular weight is 386 g/mol. The Morgan fingerprint density at radius 3 is 2.14 bits per heavy atom. The maximum atomic E-state index is 13.2. The van der Waals surface area contributed by atoms with Crippen LogP contribution in [0.4, 0.5) is 0 Å². The van der Waals surface area contributed by atoms with Gasteiger partial charge in [-0.2, -0.15) is 0 Å². The lowest BCUT2D eigenvalue weighted by Crippen LogP contribution is -2.12. The number of esters is 1. The van der Waals surface area contributed by atoms with Gasteiger partial charge >= 0.3 is 5.97 Å². The molecule has 0 radical (unpaired) electrons. The van der Waals surface area contributed by atoms with Gasteiger partial charge in [0.25, 0.3) is 0 Å². The molecule has 4 aromatic carbocycles. The van der Waals surface area contributed by atoms with E-state index in [1.165, 1.54) is 0 Å². The molecule has 0 aliphatic heterocycles. The lowest BCUT2D eigenvalue weighted by molar-refractivity contribution is 0.0732. The topological polar surface area (TPSA) is 44.8 Å². The van der Waals surface area contributed by atoms with Crippen LogP contribution in [0.15, 0.2) is 72.8 Å². The second-order valence-electron chi connectivity index (χ2n) is 6.53. The first kappa shape index (κ1) is 18.8. The highest BCUT2D eigenvalue weighted by molar-refractivity contribution is 6.05. The van der Waals surface area contributed by atoms with Crippen LogP contribution in [0.2, 0.25) is 0 Å². The van der Waals surface area contributed by atoms with E-state index < -0.39 is 5.97 Å². The minimum Gasteiger partial charge on any atom is -0.493 e. The molecule has 0 N–H and O–H groups in total. The number of rotatable bonds is 6.